The molecule has 3 nitrogen and oxygen atoms in total. The zero-order chi connectivity index (χ0) is 6.57. The Bertz CT molecular complexity index is 80.2. The number of hydrogen-bond acceptors (Lipinski definition) is 2. The summed E-state index contributed by atoms with van der Waals surface area (Å²) in [6.07, 6.45) is 0.631. The van der Waals surface area contributed by atoms with Crippen LogP contribution >= 0.6 is 0 Å². The third kappa shape index (κ3) is 9.43. The number of carboxylic acids is 1. The van der Waals surface area contributed by atoms with Crippen LogP contribution in [-0.4, -0.2) is 24.2 Å². The van der Waals surface area contributed by atoms with Crippen molar-refractivity contribution in [3.8, 4) is 0 Å². The molecule has 1 atom stereocenters. The van der Waals surface area contributed by atoms with E-state index in [0.717, 1.165) is 0 Å². The predicted molar refractivity (Wildman–Crippen MR) is 51.0 cm³/mol. The summed E-state index contributed by atoms with van der Waals surface area (Å²) in [4.78, 5) is 10.1. The first-order chi connectivity index (χ1) is 3.72. The van der Waals surface area contributed by atoms with E-state index in [9.17, 15) is 4.79 Å². The molecule has 0 fully saturated rings. The van der Waals surface area contributed by atoms with Gasteiger partial charge in [-0.1, -0.05) is 29.2 Å². The fraction of sp³-hybridized carbons (Fsp3) is 0.875. The van der Waals surface area contributed by atoms with Crippen LogP contribution in [0.3, 0.4) is 0 Å². The molecule has 0 amide bonds. The molecule has 11 heavy (non-hydrogen) atoms. The lowest BCUT2D eigenvalue weighted by atomic mass is 10.2. The van der Waals surface area contributed by atoms with E-state index in [1.54, 1.807) is 7.05 Å². The van der Waals surface area contributed by atoms with Gasteiger partial charge >= 0.3 is 5.97 Å². The number of hydrogen-bond donors (Lipinski definition) is 2. The molecule has 0 spiro atoms. The molecule has 0 aromatic carbocycles. The lowest BCUT2D eigenvalue weighted by molar-refractivity contribution is -0.139. The van der Waals surface area contributed by atoms with Gasteiger partial charge in [-0.3, -0.25) is 4.79 Å². The largest absolute Gasteiger partial charge is 0.480 e. The van der Waals surface area contributed by atoms with Crippen molar-refractivity contribution < 1.29 is 9.90 Å². The van der Waals surface area contributed by atoms with Crippen LogP contribution in [-0.2, 0) is 4.79 Å². The van der Waals surface area contributed by atoms with E-state index in [2.05, 4.69) is 5.32 Å². The minimum absolute atomic E-state index is 0. The molecule has 72 valence electrons. The van der Waals surface area contributed by atoms with Crippen LogP contribution in [0.4, 0.5) is 0 Å². The Morgan fingerprint density at radius 2 is 1.82 bits per heavy atom. The Morgan fingerprint density at radius 3 is 1.82 bits per heavy atom. The highest BCUT2D eigenvalue weighted by Crippen LogP contribution is 1.86. The average Bonchev–Trinajstić information content (AvgIpc) is 1.69. The van der Waals surface area contributed by atoms with Crippen molar-refractivity contribution in [3.05, 3.63) is 0 Å². The quantitative estimate of drug-likeness (QED) is 0.672. The van der Waals surface area contributed by atoms with E-state index in [4.69, 9.17) is 5.11 Å². The average molecular weight is 165 g/mol. The molecule has 0 aromatic heterocycles. The third-order valence-electron chi connectivity index (χ3n) is 1.05. The number of rotatable bonds is 3. The van der Waals surface area contributed by atoms with Gasteiger partial charge in [0.1, 0.15) is 6.04 Å². The Balaban J connectivity index is -0.0000000817. The summed E-state index contributed by atoms with van der Waals surface area (Å²) in [5.74, 6) is -0.782. The van der Waals surface area contributed by atoms with Gasteiger partial charge in [-0.05, 0) is 13.5 Å². The van der Waals surface area contributed by atoms with Gasteiger partial charge in [0.25, 0.3) is 0 Å². The molecule has 0 bridgehead atoms. The van der Waals surface area contributed by atoms with Crippen LogP contribution in [0, 0.1) is 0 Å². The van der Waals surface area contributed by atoms with Gasteiger partial charge in [0.05, 0.1) is 0 Å². The molecule has 0 aliphatic carbocycles. The number of carbonyl (C=O) groups is 1. The summed E-state index contributed by atoms with van der Waals surface area (Å²) in [6, 6.07) is -0.380. The molecule has 0 aliphatic heterocycles. The Kier molecular flexibility index (Phi) is 24.8. The lowest BCUT2D eigenvalue weighted by Gasteiger charge is -2.05. The van der Waals surface area contributed by atoms with E-state index in [1.807, 2.05) is 6.92 Å². The molecule has 0 saturated carbocycles. The monoisotopic (exact) mass is 165 g/mol. The molecule has 2 N–H and O–H groups in total. The molecular formula is C8H23NO2. The first-order valence-corrected chi connectivity index (χ1v) is 2.62. The highest BCUT2D eigenvalue weighted by Gasteiger charge is 2.09. The van der Waals surface area contributed by atoms with E-state index in [1.165, 1.54) is 0 Å². The second-order valence-corrected chi connectivity index (χ2v) is 1.59. The van der Waals surface area contributed by atoms with E-state index in [-0.39, 0.29) is 28.3 Å². The van der Waals surface area contributed by atoms with Gasteiger partial charge < -0.3 is 10.4 Å². The summed E-state index contributed by atoms with van der Waals surface area (Å²) in [6.45, 7) is 1.83. The van der Waals surface area contributed by atoms with Gasteiger partial charge in [0, 0.05) is 0 Å². The first-order valence-electron chi connectivity index (χ1n) is 2.62. The van der Waals surface area contributed by atoms with E-state index < -0.39 is 5.97 Å². The summed E-state index contributed by atoms with van der Waals surface area (Å²) >= 11 is 0. The fourth-order valence-electron chi connectivity index (χ4n) is 0.502. The van der Waals surface area contributed by atoms with E-state index >= 15 is 0 Å². The molecule has 0 rings (SSSR count). The van der Waals surface area contributed by atoms with Gasteiger partial charge in [-0.15, -0.1) is 0 Å². The Hall–Kier alpha value is -0.570. The van der Waals surface area contributed by atoms with Gasteiger partial charge in [0.2, 0.25) is 0 Å². The zero-order valence-corrected chi connectivity index (χ0v) is 5.14. The normalized spacial score (nSPS) is 9.64. The smallest absolute Gasteiger partial charge is 0.320 e. The highest BCUT2D eigenvalue weighted by atomic mass is 16.4. The fourth-order valence-corrected chi connectivity index (χ4v) is 0.502. The molecule has 3 heteroatoms. The molecular weight excluding hydrogens is 142 g/mol. The second kappa shape index (κ2) is 12.1. The molecule has 0 radical (unpaired) electrons. The van der Waals surface area contributed by atoms with Crippen molar-refractivity contribution in [1.82, 2.24) is 5.32 Å². The van der Waals surface area contributed by atoms with Gasteiger partial charge in [-0.25, -0.2) is 0 Å². The van der Waals surface area contributed by atoms with Gasteiger partial charge in [-0.2, -0.15) is 0 Å². The summed E-state index contributed by atoms with van der Waals surface area (Å²) in [7, 11) is 1.64. The van der Waals surface area contributed by atoms with Crippen molar-refractivity contribution in [2.75, 3.05) is 7.05 Å². The lowest BCUT2D eigenvalue weighted by Crippen LogP contribution is -2.32. The van der Waals surface area contributed by atoms with Crippen LogP contribution in [0.2, 0.25) is 0 Å². The van der Waals surface area contributed by atoms with Crippen molar-refractivity contribution in [3.63, 3.8) is 0 Å². The first kappa shape index (κ1) is 22.4. The maximum absolute atomic E-state index is 10.1. The third-order valence-corrected chi connectivity index (χ3v) is 1.05. The van der Waals surface area contributed by atoms with Crippen molar-refractivity contribution in [1.29, 1.82) is 0 Å². The number of likely N-dealkylation sites (N-methyl/N-ethyl adjacent to an activating group) is 1. The molecule has 0 heterocycles. The highest BCUT2D eigenvalue weighted by molar-refractivity contribution is 5.73. The number of carboxylic acid groups (broad SMARTS) is 1. The number of aliphatic carboxylic acids is 1. The van der Waals surface area contributed by atoms with Crippen molar-refractivity contribution in [2.24, 2.45) is 0 Å². The van der Waals surface area contributed by atoms with Crippen LogP contribution in [0.25, 0.3) is 0 Å². The standard InChI is InChI=1S/C5H11NO2.3CH4/c1-3-4(6-2)5(7)8;;;/h4,6H,3H2,1-2H3,(H,7,8);3*1H4. The van der Waals surface area contributed by atoms with Gasteiger partial charge in [0.15, 0.2) is 0 Å². The second-order valence-electron chi connectivity index (χ2n) is 1.59. The Labute approximate surface area is 70.8 Å². The summed E-state index contributed by atoms with van der Waals surface area (Å²) in [5, 5.41) is 11.0. The minimum Gasteiger partial charge on any atom is -0.480 e. The minimum atomic E-state index is -0.782. The van der Waals surface area contributed by atoms with Crippen LogP contribution in [0.5, 0.6) is 0 Å². The van der Waals surface area contributed by atoms with E-state index in [0.29, 0.717) is 6.42 Å². The van der Waals surface area contributed by atoms with Crippen LogP contribution < -0.4 is 5.32 Å². The summed E-state index contributed by atoms with van der Waals surface area (Å²) < 4.78 is 0. The number of nitrogens with one attached hydrogen (secondary N) is 1. The predicted octanol–water partition coefficient (Wildman–Crippen LogP) is 1.98. The van der Waals surface area contributed by atoms with Crippen molar-refractivity contribution in [2.45, 2.75) is 41.7 Å². The zero-order valence-electron chi connectivity index (χ0n) is 5.14. The SMILES string of the molecule is C.C.C.CCC(NC)C(=O)O. The van der Waals surface area contributed by atoms with Crippen LogP contribution in [0.15, 0.2) is 0 Å². The molecule has 0 saturated heterocycles. The maximum atomic E-state index is 10.1. The maximum Gasteiger partial charge on any atom is 0.320 e. The molecule has 1 unspecified atom stereocenters. The van der Waals surface area contributed by atoms with Crippen LogP contribution in [0.1, 0.15) is 35.6 Å². The van der Waals surface area contributed by atoms with Crippen molar-refractivity contribution >= 4 is 5.97 Å². The molecule has 0 aliphatic rings. The Morgan fingerprint density at radius 1 is 1.45 bits per heavy atom. The summed E-state index contributed by atoms with van der Waals surface area (Å²) in [5.41, 5.74) is 0. The topological polar surface area (TPSA) is 49.3 Å². The molecule has 0 aromatic rings.